The highest BCUT2D eigenvalue weighted by Gasteiger charge is 1.98. The Hall–Kier alpha value is -0.830. The third-order valence-corrected chi connectivity index (χ3v) is 1.92. The zero-order valence-corrected chi connectivity index (χ0v) is 7.26. The molecule has 0 atom stereocenters. The topological polar surface area (TPSA) is 37.3 Å². The molecule has 3 heteroatoms. The summed E-state index contributed by atoms with van der Waals surface area (Å²) >= 11 is 3.14. The molecular formula is C8H6BrO2. The molecule has 1 rings (SSSR count). The quantitative estimate of drug-likeness (QED) is 0.814. The lowest BCUT2D eigenvalue weighted by atomic mass is 10.2. The minimum Gasteiger partial charge on any atom is -0.507 e. The molecule has 1 radical (unpaired) electrons. The molecule has 0 amide bonds. The molecule has 0 aromatic heterocycles. The van der Waals surface area contributed by atoms with Gasteiger partial charge in [0, 0.05) is 6.42 Å². The van der Waals surface area contributed by atoms with Crippen molar-refractivity contribution in [2.75, 3.05) is 0 Å². The second kappa shape index (κ2) is 3.53. The van der Waals surface area contributed by atoms with Crippen molar-refractivity contribution < 1.29 is 9.90 Å². The summed E-state index contributed by atoms with van der Waals surface area (Å²) in [5.74, 6) is 0.180. The van der Waals surface area contributed by atoms with E-state index in [0.717, 1.165) is 5.56 Å². The van der Waals surface area contributed by atoms with Crippen LogP contribution < -0.4 is 0 Å². The van der Waals surface area contributed by atoms with Crippen LogP contribution in [0, 0.1) is 0 Å². The van der Waals surface area contributed by atoms with E-state index in [1.807, 2.05) is 0 Å². The largest absolute Gasteiger partial charge is 0.507 e. The Morgan fingerprint density at radius 3 is 2.82 bits per heavy atom. The Labute approximate surface area is 73.0 Å². The predicted molar refractivity (Wildman–Crippen MR) is 45.2 cm³/mol. The first-order chi connectivity index (χ1) is 5.24. The van der Waals surface area contributed by atoms with Gasteiger partial charge in [-0.25, -0.2) is 0 Å². The first kappa shape index (κ1) is 8.27. The lowest BCUT2D eigenvalue weighted by Gasteiger charge is -1.97. The molecular weight excluding hydrogens is 208 g/mol. The normalized spacial score (nSPS) is 9.55. The van der Waals surface area contributed by atoms with Crippen molar-refractivity contribution >= 4 is 22.2 Å². The fourth-order valence-electron chi connectivity index (χ4n) is 0.744. The number of phenolic OH excluding ortho intramolecular Hbond substituents is 1. The fourth-order valence-corrected chi connectivity index (χ4v) is 1.17. The van der Waals surface area contributed by atoms with Crippen LogP contribution in [0.5, 0.6) is 5.75 Å². The van der Waals surface area contributed by atoms with E-state index >= 15 is 0 Å². The third-order valence-electron chi connectivity index (χ3n) is 1.29. The van der Waals surface area contributed by atoms with E-state index in [1.54, 1.807) is 18.4 Å². The molecule has 1 N–H and O–H groups in total. The average Bonchev–Trinajstić information content (AvgIpc) is 1.98. The van der Waals surface area contributed by atoms with Crippen molar-refractivity contribution in [3.63, 3.8) is 0 Å². The lowest BCUT2D eigenvalue weighted by molar-refractivity contribution is 0.471. The Morgan fingerprint density at radius 2 is 2.27 bits per heavy atom. The summed E-state index contributed by atoms with van der Waals surface area (Å²) in [6, 6.07) is 4.92. The number of benzene rings is 1. The molecule has 0 fully saturated rings. The summed E-state index contributed by atoms with van der Waals surface area (Å²) in [4.78, 5) is 9.97. The number of aromatic hydroxyl groups is 1. The van der Waals surface area contributed by atoms with Gasteiger partial charge in [-0.15, -0.1) is 0 Å². The van der Waals surface area contributed by atoms with Crippen molar-refractivity contribution in [1.29, 1.82) is 0 Å². The van der Waals surface area contributed by atoms with E-state index in [9.17, 15) is 4.79 Å². The standard InChI is InChI=1S/C8H6BrO2/c9-7-5-6(3-4-10)1-2-8(7)11/h1-2,5,11H,3H2. The highest BCUT2D eigenvalue weighted by Crippen LogP contribution is 2.23. The minimum atomic E-state index is 0.180. The Morgan fingerprint density at radius 1 is 1.55 bits per heavy atom. The summed E-state index contributed by atoms with van der Waals surface area (Å²) in [6.45, 7) is 0. The molecule has 57 valence electrons. The lowest BCUT2D eigenvalue weighted by Crippen LogP contribution is -1.84. The summed E-state index contributed by atoms with van der Waals surface area (Å²) in [7, 11) is 0. The Balaban J connectivity index is 2.95. The maximum atomic E-state index is 9.97. The highest BCUT2D eigenvalue weighted by molar-refractivity contribution is 9.10. The van der Waals surface area contributed by atoms with E-state index in [4.69, 9.17) is 5.11 Å². The molecule has 0 bridgehead atoms. The van der Waals surface area contributed by atoms with Crippen LogP contribution in [0.3, 0.4) is 0 Å². The molecule has 0 heterocycles. The van der Waals surface area contributed by atoms with Gasteiger partial charge in [0.2, 0.25) is 6.29 Å². The summed E-state index contributed by atoms with van der Waals surface area (Å²) in [5, 5.41) is 9.07. The number of rotatable bonds is 2. The number of hydrogen-bond donors (Lipinski definition) is 1. The molecule has 0 saturated carbocycles. The van der Waals surface area contributed by atoms with Crippen molar-refractivity contribution in [3.05, 3.63) is 28.2 Å². The molecule has 1 aromatic rings. The second-order valence-corrected chi connectivity index (χ2v) is 2.96. The third kappa shape index (κ3) is 2.05. The van der Waals surface area contributed by atoms with Gasteiger partial charge in [-0.2, -0.15) is 0 Å². The average molecular weight is 214 g/mol. The molecule has 11 heavy (non-hydrogen) atoms. The number of carbonyl (C=O) groups excluding carboxylic acids is 1. The SMILES string of the molecule is O=[C]Cc1ccc(O)c(Br)c1. The Kier molecular flexibility index (Phi) is 2.65. The van der Waals surface area contributed by atoms with Crippen LogP contribution in [0.1, 0.15) is 5.56 Å². The van der Waals surface area contributed by atoms with Gasteiger partial charge in [-0.3, -0.25) is 4.79 Å². The van der Waals surface area contributed by atoms with Gasteiger partial charge in [0.25, 0.3) is 0 Å². The van der Waals surface area contributed by atoms with Gasteiger partial charge in [0.1, 0.15) is 5.75 Å². The molecule has 0 aliphatic carbocycles. The molecule has 2 nitrogen and oxygen atoms in total. The second-order valence-electron chi connectivity index (χ2n) is 2.11. The van der Waals surface area contributed by atoms with Crippen molar-refractivity contribution in [2.24, 2.45) is 0 Å². The zero-order valence-electron chi connectivity index (χ0n) is 5.67. The van der Waals surface area contributed by atoms with Gasteiger partial charge in [0.05, 0.1) is 4.47 Å². The number of hydrogen-bond acceptors (Lipinski definition) is 2. The van der Waals surface area contributed by atoms with Crippen LogP contribution in [0.2, 0.25) is 0 Å². The van der Waals surface area contributed by atoms with Crippen LogP contribution in [-0.4, -0.2) is 11.4 Å². The van der Waals surface area contributed by atoms with Crippen LogP contribution in [-0.2, 0) is 11.2 Å². The van der Waals surface area contributed by atoms with Gasteiger partial charge >= 0.3 is 0 Å². The van der Waals surface area contributed by atoms with Gasteiger partial charge in [0.15, 0.2) is 0 Å². The van der Waals surface area contributed by atoms with Crippen LogP contribution in [0.15, 0.2) is 22.7 Å². The molecule has 0 saturated heterocycles. The van der Waals surface area contributed by atoms with Crippen molar-refractivity contribution in [1.82, 2.24) is 0 Å². The minimum absolute atomic E-state index is 0.180. The van der Waals surface area contributed by atoms with Crippen molar-refractivity contribution in [3.8, 4) is 5.75 Å². The maximum absolute atomic E-state index is 9.97. The predicted octanol–water partition coefficient (Wildman–Crippen LogP) is 1.81. The fraction of sp³-hybridized carbons (Fsp3) is 0.125. The Bertz CT molecular complexity index is 271. The summed E-state index contributed by atoms with van der Waals surface area (Å²) in [5.41, 5.74) is 0.838. The van der Waals surface area contributed by atoms with Gasteiger partial charge < -0.3 is 5.11 Å². The monoisotopic (exact) mass is 213 g/mol. The van der Waals surface area contributed by atoms with E-state index in [1.165, 1.54) is 6.07 Å². The van der Waals surface area contributed by atoms with Gasteiger partial charge in [-0.05, 0) is 33.6 Å². The van der Waals surface area contributed by atoms with Crippen LogP contribution >= 0.6 is 15.9 Å². The van der Waals surface area contributed by atoms with E-state index in [0.29, 0.717) is 4.47 Å². The zero-order chi connectivity index (χ0) is 8.27. The van der Waals surface area contributed by atoms with E-state index in [-0.39, 0.29) is 12.2 Å². The highest BCUT2D eigenvalue weighted by atomic mass is 79.9. The van der Waals surface area contributed by atoms with Crippen LogP contribution in [0.4, 0.5) is 0 Å². The summed E-state index contributed by atoms with van der Waals surface area (Å²) in [6.07, 6.45) is 2.04. The van der Waals surface area contributed by atoms with Crippen LogP contribution in [0.25, 0.3) is 0 Å². The van der Waals surface area contributed by atoms with Gasteiger partial charge in [-0.1, -0.05) is 6.07 Å². The van der Waals surface area contributed by atoms with E-state index < -0.39 is 0 Å². The molecule has 0 aliphatic rings. The number of phenols is 1. The van der Waals surface area contributed by atoms with E-state index in [2.05, 4.69) is 15.9 Å². The first-order valence-electron chi connectivity index (χ1n) is 3.06. The smallest absolute Gasteiger partial charge is 0.203 e. The molecule has 0 aliphatic heterocycles. The molecule has 0 unspecified atom stereocenters. The molecule has 0 spiro atoms. The first-order valence-corrected chi connectivity index (χ1v) is 3.85. The molecule has 1 aromatic carbocycles. The summed E-state index contributed by atoms with van der Waals surface area (Å²) < 4.78 is 0.602. The van der Waals surface area contributed by atoms with Crippen molar-refractivity contribution in [2.45, 2.75) is 6.42 Å². The number of halogens is 1. The maximum Gasteiger partial charge on any atom is 0.203 e.